The SMILES string of the molecule is CC(O)Cc1cc1=O. The molecule has 1 rings (SSSR count). The molecule has 0 aliphatic heterocycles. The van der Waals surface area contributed by atoms with Gasteiger partial charge in [0.15, 0.2) is 5.43 Å². The average molecular weight is 112 g/mol. The van der Waals surface area contributed by atoms with Crippen LogP contribution in [0.3, 0.4) is 0 Å². The minimum atomic E-state index is -0.368. The lowest BCUT2D eigenvalue weighted by Gasteiger charge is -1.93. The van der Waals surface area contributed by atoms with E-state index in [1.807, 2.05) is 0 Å². The van der Waals surface area contributed by atoms with Gasteiger partial charge in [0, 0.05) is 12.0 Å². The first kappa shape index (κ1) is 5.51. The molecule has 1 atom stereocenters. The quantitative estimate of drug-likeness (QED) is 0.577. The second-order valence-corrected chi connectivity index (χ2v) is 2.09. The highest BCUT2D eigenvalue weighted by Crippen LogP contribution is 1.99. The average Bonchev–Trinajstić information content (AvgIpc) is 2.17. The lowest BCUT2D eigenvalue weighted by atomic mass is 10.2. The van der Waals surface area contributed by atoms with Crippen LogP contribution in [-0.4, -0.2) is 11.2 Å². The lowest BCUT2D eigenvalue weighted by Crippen LogP contribution is -2.02. The zero-order valence-electron chi connectivity index (χ0n) is 4.72. The standard InChI is InChI=1S/C6H8O2/c1-4(7)2-5-3-6(5)8/h3-4,7H,2H2,1H3. The highest BCUT2D eigenvalue weighted by atomic mass is 16.3. The van der Waals surface area contributed by atoms with Crippen molar-refractivity contribution in [3.05, 3.63) is 21.9 Å². The van der Waals surface area contributed by atoms with Gasteiger partial charge < -0.3 is 5.11 Å². The summed E-state index contributed by atoms with van der Waals surface area (Å²) in [6.07, 6.45) is 0.159. The van der Waals surface area contributed by atoms with Gasteiger partial charge in [0.05, 0.1) is 6.10 Å². The van der Waals surface area contributed by atoms with Crippen molar-refractivity contribution in [3.63, 3.8) is 0 Å². The van der Waals surface area contributed by atoms with Crippen molar-refractivity contribution >= 4 is 0 Å². The van der Waals surface area contributed by atoms with Crippen LogP contribution in [0.25, 0.3) is 0 Å². The van der Waals surface area contributed by atoms with Crippen LogP contribution in [0, 0.1) is 0 Å². The maximum absolute atomic E-state index is 10.2. The van der Waals surface area contributed by atoms with Crippen LogP contribution in [0.1, 0.15) is 12.5 Å². The Labute approximate surface area is 47.5 Å². The molecule has 0 aliphatic carbocycles. The monoisotopic (exact) mass is 112 g/mol. The Morgan fingerprint density at radius 2 is 2.38 bits per heavy atom. The molecule has 1 aromatic carbocycles. The van der Waals surface area contributed by atoms with E-state index in [1.54, 1.807) is 13.0 Å². The first-order valence-corrected chi connectivity index (χ1v) is 2.63. The predicted molar refractivity (Wildman–Crippen MR) is 30.5 cm³/mol. The topological polar surface area (TPSA) is 37.3 Å². The van der Waals surface area contributed by atoms with Gasteiger partial charge >= 0.3 is 0 Å². The van der Waals surface area contributed by atoms with Crippen LogP contribution in [0.2, 0.25) is 0 Å². The Kier molecular flexibility index (Phi) is 1.18. The van der Waals surface area contributed by atoms with Crippen molar-refractivity contribution in [1.29, 1.82) is 0 Å². The normalized spacial score (nSPS) is 14.8. The molecule has 1 aromatic rings. The smallest absolute Gasteiger partial charge is 0.182 e. The molecule has 0 bridgehead atoms. The van der Waals surface area contributed by atoms with Gasteiger partial charge in [-0.1, -0.05) is 0 Å². The molecule has 0 radical (unpaired) electrons. The zero-order valence-corrected chi connectivity index (χ0v) is 4.72. The lowest BCUT2D eigenvalue weighted by molar-refractivity contribution is 0.196. The Balaban J connectivity index is 2.35. The first-order valence-electron chi connectivity index (χ1n) is 2.63. The fraction of sp³-hybridized carbons (Fsp3) is 0.500. The van der Waals surface area contributed by atoms with Gasteiger partial charge in [-0.2, -0.15) is 0 Å². The molecule has 2 heteroatoms. The third kappa shape index (κ3) is 1.17. The second kappa shape index (κ2) is 1.71. The summed E-state index contributed by atoms with van der Waals surface area (Å²) in [5.74, 6) is 0. The molecule has 1 unspecified atom stereocenters. The fourth-order valence-corrected chi connectivity index (χ4v) is 0.600. The van der Waals surface area contributed by atoms with Gasteiger partial charge in [-0.05, 0) is 13.0 Å². The summed E-state index contributed by atoms with van der Waals surface area (Å²) < 4.78 is 0. The molecule has 0 spiro atoms. The van der Waals surface area contributed by atoms with E-state index in [-0.39, 0.29) is 11.5 Å². The van der Waals surface area contributed by atoms with Gasteiger partial charge in [0.1, 0.15) is 0 Å². The maximum atomic E-state index is 10.2. The third-order valence-electron chi connectivity index (χ3n) is 1.05. The fourth-order valence-electron chi connectivity index (χ4n) is 0.600. The summed E-state index contributed by atoms with van der Waals surface area (Å²) in [6, 6.07) is 1.55. The van der Waals surface area contributed by atoms with E-state index >= 15 is 0 Å². The minimum absolute atomic E-state index is 0.103. The van der Waals surface area contributed by atoms with E-state index in [9.17, 15) is 4.79 Å². The zero-order chi connectivity index (χ0) is 6.15. The van der Waals surface area contributed by atoms with Gasteiger partial charge in [-0.25, -0.2) is 0 Å². The van der Waals surface area contributed by atoms with Gasteiger partial charge in [-0.3, -0.25) is 4.79 Å². The van der Waals surface area contributed by atoms with Crippen LogP contribution in [0.5, 0.6) is 0 Å². The molecule has 0 saturated carbocycles. The molecular weight excluding hydrogens is 104 g/mol. The molecule has 8 heavy (non-hydrogen) atoms. The summed E-state index contributed by atoms with van der Waals surface area (Å²) in [7, 11) is 0. The van der Waals surface area contributed by atoms with E-state index in [0.29, 0.717) is 6.42 Å². The van der Waals surface area contributed by atoms with E-state index < -0.39 is 0 Å². The Hall–Kier alpha value is -0.630. The molecule has 0 aromatic heterocycles. The largest absolute Gasteiger partial charge is 0.393 e. The Bertz CT molecular complexity index is 182. The van der Waals surface area contributed by atoms with Gasteiger partial charge in [0.2, 0.25) is 0 Å². The maximum Gasteiger partial charge on any atom is 0.182 e. The van der Waals surface area contributed by atoms with Gasteiger partial charge in [-0.15, -0.1) is 0 Å². The second-order valence-electron chi connectivity index (χ2n) is 2.09. The van der Waals surface area contributed by atoms with Crippen molar-refractivity contribution in [2.45, 2.75) is 19.4 Å². The minimum Gasteiger partial charge on any atom is -0.393 e. The van der Waals surface area contributed by atoms with Crippen LogP contribution >= 0.6 is 0 Å². The summed E-state index contributed by atoms with van der Waals surface area (Å²) >= 11 is 0. The highest BCUT2D eigenvalue weighted by Gasteiger charge is 2.09. The summed E-state index contributed by atoms with van der Waals surface area (Å²) in [5.41, 5.74) is 0.880. The Morgan fingerprint density at radius 1 is 1.88 bits per heavy atom. The number of hydrogen-bond acceptors (Lipinski definition) is 2. The first-order chi connectivity index (χ1) is 3.70. The number of aliphatic hydroxyl groups is 1. The molecule has 0 heterocycles. The van der Waals surface area contributed by atoms with Crippen LogP contribution in [0.15, 0.2) is 10.9 Å². The molecule has 2 nitrogen and oxygen atoms in total. The number of rotatable bonds is 2. The third-order valence-corrected chi connectivity index (χ3v) is 1.05. The van der Waals surface area contributed by atoms with Gasteiger partial charge in [0.25, 0.3) is 0 Å². The van der Waals surface area contributed by atoms with Crippen molar-refractivity contribution in [2.24, 2.45) is 0 Å². The highest BCUT2D eigenvalue weighted by molar-refractivity contribution is 5.23. The molecule has 0 saturated heterocycles. The molecule has 0 amide bonds. The molecule has 1 N–H and O–H groups in total. The van der Waals surface area contributed by atoms with Crippen molar-refractivity contribution in [3.8, 4) is 0 Å². The van der Waals surface area contributed by atoms with Crippen LogP contribution < -0.4 is 5.43 Å². The summed E-state index contributed by atoms with van der Waals surface area (Å²) in [4.78, 5) is 10.2. The summed E-state index contributed by atoms with van der Waals surface area (Å²) in [5, 5.41) is 8.69. The van der Waals surface area contributed by atoms with E-state index in [2.05, 4.69) is 0 Å². The predicted octanol–water partition coefficient (Wildman–Crippen LogP) is -0.154. The number of aliphatic hydroxyl groups excluding tert-OH is 1. The molecule has 0 fully saturated rings. The number of hydrogen-bond donors (Lipinski definition) is 1. The Morgan fingerprint density at radius 3 is 2.50 bits per heavy atom. The van der Waals surface area contributed by atoms with E-state index in [0.717, 1.165) is 5.56 Å². The molecule has 44 valence electrons. The molecule has 0 aliphatic rings. The van der Waals surface area contributed by atoms with E-state index in [1.165, 1.54) is 0 Å². The van der Waals surface area contributed by atoms with Crippen molar-refractivity contribution in [1.82, 2.24) is 0 Å². The van der Waals surface area contributed by atoms with Crippen LogP contribution in [-0.2, 0) is 6.42 Å². The van der Waals surface area contributed by atoms with Crippen molar-refractivity contribution < 1.29 is 5.11 Å². The molecular formula is C6H8O2. The van der Waals surface area contributed by atoms with Crippen molar-refractivity contribution in [2.75, 3.05) is 0 Å². The van der Waals surface area contributed by atoms with E-state index in [4.69, 9.17) is 5.11 Å². The van der Waals surface area contributed by atoms with Crippen LogP contribution in [0.4, 0.5) is 0 Å². The summed E-state index contributed by atoms with van der Waals surface area (Å²) in [6.45, 7) is 1.67.